The quantitative estimate of drug-likeness (QED) is 0.751. The van der Waals surface area contributed by atoms with Crippen molar-refractivity contribution in [2.45, 2.75) is 25.9 Å². The van der Waals surface area contributed by atoms with E-state index in [-0.39, 0.29) is 18.1 Å². The van der Waals surface area contributed by atoms with Crippen molar-refractivity contribution >= 4 is 29.1 Å². The van der Waals surface area contributed by atoms with Gasteiger partial charge in [-0.3, -0.25) is 14.4 Å². The van der Waals surface area contributed by atoms with Crippen LogP contribution in [-0.4, -0.2) is 42.3 Å². The first-order valence-corrected chi connectivity index (χ1v) is 9.86. The van der Waals surface area contributed by atoms with Gasteiger partial charge in [-0.25, -0.2) is 0 Å². The summed E-state index contributed by atoms with van der Waals surface area (Å²) < 4.78 is 39.4. The molecule has 3 amide bonds. The molecule has 1 aliphatic rings. The molecule has 3 rings (SSSR count). The number of hydrogen-bond acceptors (Lipinski definition) is 3. The van der Waals surface area contributed by atoms with Gasteiger partial charge in [0.05, 0.1) is 11.3 Å². The maximum Gasteiger partial charge on any atom is 0.418 e. The van der Waals surface area contributed by atoms with E-state index in [4.69, 9.17) is 0 Å². The molecule has 164 valence electrons. The molecule has 1 fully saturated rings. The Morgan fingerprint density at radius 1 is 1.13 bits per heavy atom. The molecule has 2 aromatic carbocycles. The van der Waals surface area contributed by atoms with E-state index in [1.807, 2.05) is 0 Å². The molecule has 31 heavy (non-hydrogen) atoms. The summed E-state index contributed by atoms with van der Waals surface area (Å²) in [5.74, 6) is -1.20. The van der Waals surface area contributed by atoms with Gasteiger partial charge < -0.3 is 15.1 Å². The highest BCUT2D eigenvalue weighted by atomic mass is 19.4. The number of amides is 3. The normalized spacial score (nSPS) is 13.9. The number of carbonyl (C=O) groups is 3. The van der Waals surface area contributed by atoms with Crippen LogP contribution >= 0.6 is 0 Å². The average molecular weight is 433 g/mol. The SMILES string of the molecule is CCN(CC(=O)Nc1ccccc1C(F)(F)F)C(=O)c1cccc(N2CCCC2=O)c1. The number of hydrogen-bond donors (Lipinski definition) is 1. The van der Waals surface area contributed by atoms with Gasteiger partial charge in [-0.05, 0) is 43.7 Å². The van der Waals surface area contributed by atoms with E-state index < -0.39 is 30.1 Å². The molecule has 2 aromatic rings. The lowest BCUT2D eigenvalue weighted by atomic mass is 10.1. The second kappa shape index (κ2) is 9.20. The summed E-state index contributed by atoms with van der Waals surface area (Å²) in [6.45, 7) is 2.02. The number of nitrogens with zero attached hydrogens (tertiary/aromatic N) is 2. The Bertz CT molecular complexity index is 991. The summed E-state index contributed by atoms with van der Waals surface area (Å²) in [7, 11) is 0. The first kappa shape index (κ1) is 22.3. The third-order valence-electron chi connectivity index (χ3n) is 4.99. The van der Waals surface area contributed by atoms with Crippen LogP contribution in [0, 0.1) is 0 Å². The highest BCUT2D eigenvalue weighted by Gasteiger charge is 2.33. The van der Waals surface area contributed by atoms with Gasteiger partial charge >= 0.3 is 6.18 Å². The molecule has 1 N–H and O–H groups in total. The molecular formula is C22H22F3N3O3. The highest BCUT2D eigenvalue weighted by Crippen LogP contribution is 2.34. The average Bonchev–Trinajstić information content (AvgIpc) is 3.17. The van der Waals surface area contributed by atoms with Crippen LogP contribution < -0.4 is 10.2 Å². The molecule has 0 bridgehead atoms. The highest BCUT2D eigenvalue weighted by molar-refractivity contribution is 6.01. The number of rotatable bonds is 6. The van der Waals surface area contributed by atoms with Crippen molar-refractivity contribution in [2.24, 2.45) is 0 Å². The smallest absolute Gasteiger partial charge is 0.330 e. The third-order valence-corrected chi connectivity index (χ3v) is 4.99. The number of halogens is 3. The topological polar surface area (TPSA) is 69.7 Å². The molecule has 1 heterocycles. The van der Waals surface area contributed by atoms with Crippen LogP contribution in [0.2, 0.25) is 0 Å². The van der Waals surface area contributed by atoms with Crippen LogP contribution in [0.1, 0.15) is 35.7 Å². The number of nitrogens with one attached hydrogen (secondary N) is 1. The van der Waals surface area contributed by atoms with Crippen molar-refractivity contribution in [3.8, 4) is 0 Å². The Kier molecular flexibility index (Phi) is 6.62. The van der Waals surface area contributed by atoms with Crippen LogP contribution in [0.15, 0.2) is 48.5 Å². The Hall–Kier alpha value is -3.36. The van der Waals surface area contributed by atoms with Crippen molar-refractivity contribution in [3.63, 3.8) is 0 Å². The zero-order chi connectivity index (χ0) is 22.6. The maximum atomic E-state index is 13.1. The summed E-state index contributed by atoms with van der Waals surface area (Å²) in [5.41, 5.74) is -0.422. The summed E-state index contributed by atoms with van der Waals surface area (Å²) in [6.07, 6.45) is -3.41. The summed E-state index contributed by atoms with van der Waals surface area (Å²) in [4.78, 5) is 40.1. The molecule has 9 heteroatoms. The van der Waals surface area contributed by atoms with Crippen molar-refractivity contribution in [1.82, 2.24) is 4.90 Å². The van der Waals surface area contributed by atoms with E-state index in [2.05, 4.69) is 5.32 Å². The second-order valence-electron chi connectivity index (χ2n) is 7.11. The predicted octanol–water partition coefficient (Wildman–Crippen LogP) is 3.93. The minimum absolute atomic E-state index is 0.0142. The van der Waals surface area contributed by atoms with Gasteiger partial charge in [0.15, 0.2) is 0 Å². The van der Waals surface area contributed by atoms with Gasteiger partial charge in [0.1, 0.15) is 6.54 Å². The maximum absolute atomic E-state index is 13.1. The van der Waals surface area contributed by atoms with Gasteiger partial charge in [-0.2, -0.15) is 13.2 Å². The fraction of sp³-hybridized carbons (Fsp3) is 0.318. The zero-order valence-corrected chi connectivity index (χ0v) is 16.9. The standard InChI is InChI=1S/C22H22F3N3O3/c1-2-27(14-19(29)26-18-10-4-3-9-17(18)22(23,24)25)21(31)15-7-5-8-16(13-15)28-12-6-11-20(28)30/h3-5,7-10,13H,2,6,11-12,14H2,1H3,(H,26,29). The molecule has 0 saturated carbocycles. The molecule has 1 saturated heterocycles. The van der Waals surface area contributed by atoms with Gasteiger partial charge in [-0.1, -0.05) is 18.2 Å². The number of carbonyl (C=O) groups excluding carboxylic acids is 3. The molecule has 6 nitrogen and oxygen atoms in total. The number of benzene rings is 2. The summed E-state index contributed by atoms with van der Waals surface area (Å²) in [6, 6.07) is 11.2. The number of anilines is 2. The van der Waals surface area contributed by atoms with Crippen LogP contribution in [0.3, 0.4) is 0 Å². The van der Waals surface area contributed by atoms with Crippen LogP contribution in [0.25, 0.3) is 0 Å². The van der Waals surface area contributed by atoms with E-state index in [1.165, 1.54) is 17.0 Å². The van der Waals surface area contributed by atoms with Crippen LogP contribution in [0.4, 0.5) is 24.5 Å². The van der Waals surface area contributed by atoms with Gasteiger partial charge in [0, 0.05) is 30.8 Å². The second-order valence-corrected chi connectivity index (χ2v) is 7.11. The predicted molar refractivity (Wildman–Crippen MR) is 110 cm³/mol. The number of para-hydroxylation sites is 1. The van der Waals surface area contributed by atoms with Gasteiger partial charge in [0.25, 0.3) is 5.91 Å². The minimum atomic E-state index is -4.61. The molecule has 0 aromatic heterocycles. The summed E-state index contributed by atoms with van der Waals surface area (Å²) >= 11 is 0. The molecule has 0 radical (unpaired) electrons. The van der Waals surface area contributed by atoms with Crippen molar-refractivity contribution in [3.05, 3.63) is 59.7 Å². The largest absolute Gasteiger partial charge is 0.418 e. The van der Waals surface area contributed by atoms with E-state index in [0.29, 0.717) is 24.2 Å². The minimum Gasteiger partial charge on any atom is -0.330 e. The Balaban J connectivity index is 1.72. The number of alkyl halides is 3. The molecule has 0 atom stereocenters. The monoisotopic (exact) mass is 433 g/mol. The summed E-state index contributed by atoms with van der Waals surface area (Å²) in [5, 5.41) is 2.24. The van der Waals surface area contributed by atoms with E-state index in [1.54, 1.807) is 36.1 Å². The Morgan fingerprint density at radius 3 is 2.52 bits per heavy atom. The van der Waals surface area contributed by atoms with Crippen molar-refractivity contribution in [1.29, 1.82) is 0 Å². The Morgan fingerprint density at radius 2 is 1.87 bits per heavy atom. The van der Waals surface area contributed by atoms with Gasteiger partial charge in [0.2, 0.25) is 11.8 Å². The van der Waals surface area contributed by atoms with Crippen LogP contribution in [-0.2, 0) is 15.8 Å². The van der Waals surface area contributed by atoms with Crippen molar-refractivity contribution in [2.75, 3.05) is 29.9 Å². The molecule has 0 spiro atoms. The first-order valence-electron chi connectivity index (χ1n) is 9.86. The third kappa shape index (κ3) is 5.22. The van der Waals surface area contributed by atoms with Gasteiger partial charge in [-0.15, -0.1) is 0 Å². The fourth-order valence-electron chi connectivity index (χ4n) is 3.44. The lowest BCUT2D eigenvalue weighted by Crippen LogP contribution is -2.38. The van der Waals surface area contributed by atoms with E-state index in [9.17, 15) is 27.6 Å². The molecule has 0 unspecified atom stereocenters. The lowest BCUT2D eigenvalue weighted by molar-refractivity contribution is -0.137. The number of likely N-dealkylation sites (N-methyl/N-ethyl adjacent to an activating group) is 1. The first-order chi connectivity index (χ1) is 14.7. The fourth-order valence-corrected chi connectivity index (χ4v) is 3.44. The molecule has 1 aliphatic heterocycles. The molecule has 0 aliphatic carbocycles. The van der Waals surface area contributed by atoms with E-state index in [0.717, 1.165) is 18.6 Å². The zero-order valence-electron chi connectivity index (χ0n) is 16.9. The molecular weight excluding hydrogens is 411 g/mol. The Labute approximate surface area is 177 Å². The lowest BCUT2D eigenvalue weighted by Gasteiger charge is -2.22. The van der Waals surface area contributed by atoms with E-state index >= 15 is 0 Å². The van der Waals surface area contributed by atoms with Crippen LogP contribution in [0.5, 0.6) is 0 Å². The van der Waals surface area contributed by atoms with Crippen molar-refractivity contribution < 1.29 is 27.6 Å².